The smallest absolute Gasteiger partial charge is 0.128 e. The van der Waals surface area contributed by atoms with Crippen molar-refractivity contribution in [2.75, 3.05) is 49.2 Å². The standard InChI is InChI=1S/2C20H27BrFNOS2/c21-15-6-7-18(22)17(13-15)20(25-11-4-12-26-20)19(24)8-3-10-23-9-2-1-5-16(23)14-19;21-15-5-6-18(22)17(14-15)20(25-12-3-13-26-20)19(24)8-7-16-4-1-2-10-23(16)11-9-19/h6-7,13,16,24H,1-5,8-12,14H2;5-6,14,16,24H,1-4,7-13H2. The van der Waals surface area contributed by atoms with Gasteiger partial charge in [-0.15, -0.1) is 47.0 Å². The number of rotatable bonds is 4. The zero-order chi connectivity index (χ0) is 36.4. The average Bonchev–Trinajstić information content (AvgIpc) is 3.46. The molecule has 0 aromatic heterocycles. The highest BCUT2D eigenvalue weighted by Crippen LogP contribution is 2.62. The Bertz CT molecular complexity index is 1510. The molecule has 0 amide bonds. The first kappa shape index (κ1) is 40.7. The summed E-state index contributed by atoms with van der Waals surface area (Å²) in [7, 11) is 0. The van der Waals surface area contributed by atoms with Crippen molar-refractivity contribution < 1.29 is 19.0 Å². The molecule has 288 valence electrons. The number of thioether (sulfide) groups is 4. The Morgan fingerprint density at radius 2 is 1.06 bits per heavy atom. The summed E-state index contributed by atoms with van der Waals surface area (Å²) >= 11 is 14.1. The van der Waals surface area contributed by atoms with Crippen LogP contribution in [0.3, 0.4) is 0 Å². The molecule has 0 saturated carbocycles. The fourth-order valence-electron chi connectivity index (χ4n) is 9.73. The molecule has 6 fully saturated rings. The first-order valence-corrected chi connectivity index (χ1v) is 25.0. The molecule has 2 aromatic carbocycles. The van der Waals surface area contributed by atoms with Crippen LogP contribution >= 0.6 is 78.9 Å². The van der Waals surface area contributed by atoms with Gasteiger partial charge in [-0.3, -0.25) is 0 Å². The monoisotopic (exact) mass is 918 g/mol. The van der Waals surface area contributed by atoms with Gasteiger partial charge < -0.3 is 20.0 Å². The van der Waals surface area contributed by atoms with Gasteiger partial charge >= 0.3 is 0 Å². The summed E-state index contributed by atoms with van der Waals surface area (Å²) in [6, 6.07) is 11.4. The third-order valence-corrected chi connectivity index (χ3v) is 20.8. The van der Waals surface area contributed by atoms with E-state index in [-0.39, 0.29) is 11.6 Å². The number of hydrogen-bond donors (Lipinski definition) is 2. The Hall–Kier alpha value is 0.500. The summed E-state index contributed by atoms with van der Waals surface area (Å²) in [5.41, 5.74) is -0.402. The normalized spacial score (nSPS) is 32.7. The second-order valence-corrected chi connectivity index (χ2v) is 23.2. The van der Waals surface area contributed by atoms with Crippen molar-refractivity contribution in [3.63, 3.8) is 0 Å². The van der Waals surface area contributed by atoms with Gasteiger partial charge in [0.25, 0.3) is 0 Å². The van der Waals surface area contributed by atoms with Gasteiger partial charge in [0, 0.05) is 38.7 Å². The SMILES string of the molecule is OC1(C2(c3cc(Br)ccc3F)SCCCS2)CCC2CCCCN2CC1.OC1(C2(c3cc(Br)ccc3F)SCCCS2)CCCN2CCCCC2C1. The number of fused-ring (bicyclic) bond motifs is 2. The van der Waals surface area contributed by atoms with Gasteiger partial charge in [0.1, 0.15) is 19.8 Å². The molecule has 6 heterocycles. The number of hydrogen-bond acceptors (Lipinski definition) is 8. The zero-order valence-corrected chi connectivity index (χ0v) is 36.5. The molecule has 4 atom stereocenters. The van der Waals surface area contributed by atoms with Gasteiger partial charge in [0.15, 0.2) is 0 Å². The van der Waals surface area contributed by atoms with Crippen LogP contribution in [0, 0.1) is 11.6 Å². The van der Waals surface area contributed by atoms with E-state index in [9.17, 15) is 19.0 Å². The summed E-state index contributed by atoms with van der Waals surface area (Å²) < 4.78 is 30.5. The minimum atomic E-state index is -0.874. The molecular weight excluding hydrogens is 867 g/mol. The summed E-state index contributed by atoms with van der Waals surface area (Å²) in [5.74, 6) is 3.55. The van der Waals surface area contributed by atoms with E-state index in [2.05, 4.69) is 41.7 Å². The third-order valence-electron chi connectivity index (χ3n) is 12.4. The van der Waals surface area contributed by atoms with Crippen molar-refractivity contribution in [1.82, 2.24) is 9.80 Å². The first-order chi connectivity index (χ1) is 25.1. The van der Waals surface area contributed by atoms with E-state index in [1.165, 1.54) is 32.1 Å². The van der Waals surface area contributed by atoms with Crippen LogP contribution < -0.4 is 0 Å². The van der Waals surface area contributed by atoms with Gasteiger partial charge in [-0.05, 0) is 156 Å². The van der Waals surface area contributed by atoms with Crippen molar-refractivity contribution in [3.8, 4) is 0 Å². The van der Waals surface area contributed by atoms with Crippen molar-refractivity contribution in [3.05, 3.63) is 68.1 Å². The molecule has 4 unspecified atom stereocenters. The molecule has 6 saturated heterocycles. The Morgan fingerprint density at radius 1 is 0.558 bits per heavy atom. The molecule has 0 aliphatic carbocycles. The molecule has 8 rings (SSSR count). The predicted molar refractivity (Wildman–Crippen MR) is 227 cm³/mol. The average molecular weight is 921 g/mol. The number of halogens is 4. The highest BCUT2D eigenvalue weighted by Gasteiger charge is 2.57. The van der Waals surface area contributed by atoms with Gasteiger partial charge in [-0.2, -0.15) is 0 Å². The summed E-state index contributed by atoms with van der Waals surface area (Å²) in [6.45, 7) is 4.30. The zero-order valence-electron chi connectivity index (χ0n) is 30.1. The first-order valence-electron chi connectivity index (χ1n) is 19.5. The van der Waals surface area contributed by atoms with Crippen LogP contribution in [0.25, 0.3) is 0 Å². The molecule has 52 heavy (non-hydrogen) atoms. The van der Waals surface area contributed by atoms with E-state index in [4.69, 9.17) is 0 Å². The topological polar surface area (TPSA) is 46.9 Å². The second kappa shape index (κ2) is 17.6. The molecule has 4 nitrogen and oxygen atoms in total. The summed E-state index contributed by atoms with van der Waals surface area (Å²) in [5, 5.41) is 24.1. The van der Waals surface area contributed by atoms with Gasteiger partial charge in [-0.1, -0.05) is 44.7 Å². The second-order valence-electron chi connectivity index (χ2n) is 15.6. The van der Waals surface area contributed by atoms with Crippen molar-refractivity contribution in [2.24, 2.45) is 0 Å². The molecular formula is C40H54Br2F2N2O2S4. The lowest BCUT2D eigenvalue weighted by molar-refractivity contribution is -0.00591. The van der Waals surface area contributed by atoms with Crippen molar-refractivity contribution >= 4 is 78.9 Å². The van der Waals surface area contributed by atoms with Crippen LogP contribution in [0.5, 0.6) is 0 Å². The number of aliphatic hydroxyl groups is 2. The van der Waals surface area contributed by atoms with Crippen LogP contribution in [0.1, 0.15) is 101 Å². The Kier molecular flexibility index (Phi) is 13.7. The lowest BCUT2D eigenvalue weighted by Crippen LogP contribution is -2.52. The van der Waals surface area contributed by atoms with Crippen molar-refractivity contribution in [2.45, 2.75) is 121 Å². The number of benzene rings is 2. The predicted octanol–water partition coefficient (Wildman–Crippen LogP) is 10.8. The highest BCUT2D eigenvalue weighted by molar-refractivity contribution is 9.10. The van der Waals surface area contributed by atoms with Gasteiger partial charge in [0.05, 0.1) is 11.2 Å². The van der Waals surface area contributed by atoms with Crippen LogP contribution in [-0.4, -0.2) is 92.5 Å². The maximum atomic E-state index is 15.0. The molecule has 2 N–H and O–H groups in total. The van der Waals surface area contributed by atoms with Crippen LogP contribution in [0.15, 0.2) is 45.3 Å². The minimum Gasteiger partial charge on any atom is -0.387 e. The van der Waals surface area contributed by atoms with E-state index in [0.717, 1.165) is 116 Å². The largest absolute Gasteiger partial charge is 0.387 e. The van der Waals surface area contributed by atoms with Crippen LogP contribution in [-0.2, 0) is 8.16 Å². The molecule has 6 aliphatic heterocycles. The highest BCUT2D eigenvalue weighted by atomic mass is 79.9. The third kappa shape index (κ3) is 8.25. The van der Waals surface area contributed by atoms with E-state index < -0.39 is 19.4 Å². The molecule has 2 aromatic rings. The fraction of sp³-hybridized carbons (Fsp3) is 0.700. The lowest BCUT2D eigenvalue weighted by atomic mass is 9.82. The molecule has 0 radical (unpaired) electrons. The lowest BCUT2D eigenvalue weighted by Gasteiger charge is -2.50. The fourth-order valence-corrected chi connectivity index (χ4v) is 17.9. The molecule has 0 spiro atoms. The maximum absolute atomic E-state index is 15.0. The van der Waals surface area contributed by atoms with E-state index in [0.29, 0.717) is 23.2 Å². The van der Waals surface area contributed by atoms with Crippen LogP contribution in [0.4, 0.5) is 8.78 Å². The van der Waals surface area contributed by atoms with E-state index >= 15 is 0 Å². The van der Waals surface area contributed by atoms with E-state index in [1.54, 1.807) is 71.3 Å². The van der Waals surface area contributed by atoms with Gasteiger partial charge in [0.2, 0.25) is 0 Å². The quantitative estimate of drug-likeness (QED) is 0.315. The molecule has 0 bridgehead atoms. The minimum absolute atomic E-state index is 0.187. The molecule has 12 heteroatoms. The number of piperidine rings is 2. The van der Waals surface area contributed by atoms with Crippen LogP contribution in [0.2, 0.25) is 0 Å². The van der Waals surface area contributed by atoms with Gasteiger partial charge in [-0.25, -0.2) is 8.78 Å². The maximum Gasteiger partial charge on any atom is 0.128 e. The van der Waals surface area contributed by atoms with E-state index in [1.807, 2.05) is 12.1 Å². The Balaban J connectivity index is 0.000000162. The Labute approximate surface area is 343 Å². The summed E-state index contributed by atoms with van der Waals surface area (Å²) in [4.78, 5) is 5.15. The van der Waals surface area contributed by atoms with Crippen molar-refractivity contribution in [1.29, 1.82) is 0 Å². The summed E-state index contributed by atoms with van der Waals surface area (Å²) in [6.07, 6.45) is 14.8. The molecule has 6 aliphatic rings. The Morgan fingerprint density at radius 3 is 1.63 bits per heavy atom. The number of nitrogens with zero attached hydrogens (tertiary/aromatic N) is 2.